The molecule has 0 fully saturated rings. The number of sulfonamides is 1. The summed E-state index contributed by atoms with van der Waals surface area (Å²) >= 11 is 0. The van der Waals surface area contributed by atoms with Crippen molar-refractivity contribution in [3.63, 3.8) is 0 Å². The van der Waals surface area contributed by atoms with Crippen LogP contribution in [-0.4, -0.2) is 44.0 Å². The van der Waals surface area contributed by atoms with Gasteiger partial charge in [0.15, 0.2) is 5.76 Å². The van der Waals surface area contributed by atoms with Crippen LogP contribution in [-0.2, 0) is 16.6 Å². The lowest BCUT2D eigenvalue weighted by Crippen LogP contribution is -2.30. The maximum absolute atomic E-state index is 12.5. The van der Waals surface area contributed by atoms with Crippen LogP contribution < -0.4 is 10.1 Å². The van der Waals surface area contributed by atoms with Gasteiger partial charge in [-0.1, -0.05) is 31.1 Å². The summed E-state index contributed by atoms with van der Waals surface area (Å²) in [7, 11) is -1.97. The van der Waals surface area contributed by atoms with Gasteiger partial charge in [0.05, 0.1) is 18.6 Å². The Balaban J connectivity index is 1.64. The molecule has 1 N–H and O–H groups in total. The third-order valence-corrected chi connectivity index (χ3v) is 6.87. The Morgan fingerprint density at radius 3 is 2.45 bits per heavy atom. The molecule has 1 aromatic heterocycles. The maximum Gasteiger partial charge on any atom is 0.251 e. The van der Waals surface area contributed by atoms with Gasteiger partial charge in [0.1, 0.15) is 11.4 Å². The summed E-state index contributed by atoms with van der Waals surface area (Å²) in [5.41, 5.74) is 1.73. The second-order valence-corrected chi connectivity index (χ2v) is 8.65. The Morgan fingerprint density at radius 2 is 1.81 bits per heavy atom. The van der Waals surface area contributed by atoms with Gasteiger partial charge in [-0.15, -0.1) is 0 Å². The second-order valence-electron chi connectivity index (χ2n) is 6.71. The van der Waals surface area contributed by atoms with E-state index in [1.165, 1.54) is 28.6 Å². The fourth-order valence-corrected chi connectivity index (χ4v) is 4.53. The third kappa shape index (κ3) is 5.12. The van der Waals surface area contributed by atoms with Gasteiger partial charge in [-0.25, -0.2) is 8.42 Å². The molecule has 2 aromatic carbocycles. The van der Waals surface area contributed by atoms with E-state index in [0.29, 0.717) is 35.9 Å². The molecule has 0 radical (unpaired) electrons. The van der Waals surface area contributed by atoms with E-state index >= 15 is 0 Å². The van der Waals surface area contributed by atoms with Gasteiger partial charge in [0.2, 0.25) is 10.0 Å². The average molecular weight is 444 g/mol. The van der Waals surface area contributed by atoms with Gasteiger partial charge in [0.25, 0.3) is 5.91 Å². The molecule has 0 atom stereocenters. The zero-order valence-electron chi connectivity index (χ0n) is 17.7. The zero-order valence-corrected chi connectivity index (χ0v) is 18.5. The highest BCUT2D eigenvalue weighted by molar-refractivity contribution is 7.89. The van der Waals surface area contributed by atoms with Gasteiger partial charge in [-0.05, 0) is 36.4 Å². The first-order valence-corrected chi connectivity index (χ1v) is 11.3. The summed E-state index contributed by atoms with van der Waals surface area (Å²) in [6.07, 6.45) is 0. The molecule has 3 rings (SSSR count). The van der Waals surface area contributed by atoms with Crippen molar-refractivity contribution in [2.45, 2.75) is 25.3 Å². The van der Waals surface area contributed by atoms with Gasteiger partial charge < -0.3 is 14.6 Å². The number of nitrogens with zero attached hydrogens (tertiary/aromatic N) is 2. The van der Waals surface area contributed by atoms with E-state index in [1.807, 2.05) is 24.3 Å². The summed E-state index contributed by atoms with van der Waals surface area (Å²) in [6, 6.07) is 15.0. The van der Waals surface area contributed by atoms with Gasteiger partial charge in [-0.2, -0.15) is 4.31 Å². The number of benzene rings is 2. The van der Waals surface area contributed by atoms with Gasteiger partial charge in [0, 0.05) is 30.3 Å². The quantitative estimate of drug-likeness (QED) is 0.544. The number of hydrogen-bond donors (Lipinski definition) is 1. The molecule has 31 heavy (non-hydrogen) atoms. The predicted octanol–water partition coefficient (Wildman–Crippen LogP) is 3.31. The lowest BCUT2D eigenvalue weighted by molar-refractivity contribution is 0.0950. The first-order chi connectivity index (χ1) is 14.9. The van der Waals surface area contributed by atoms with Gasteiger partial charge >= 0.3 is 0 Å². The predicted molar refractivity (Wildman–Crippen MR) is 116 cm³/mol. The number of rotatable bonds is 9. The number of hydrogen-bond acceptors (Lipinski definition) is 6. The van der Waals surface area contributed by atoms with Crippen molar-refractivity contribution in [2.24, 2.45) is 0 Å². The molecule has 0 bridgehead atoms. The molecule has 0 aliphatic carbocycles. The molecule has 0 saturated heterocycles. The van der Waals surface area contributed by atoms with E-state index in [-0.39, 0.29) is 17.3 Å². The highest BCUT2D eigenvalue weighted by Gasteiger charge is 2.21. The molecular formula is C22H25N3O5S. The van der Waals surface area contributed by atoms with Crippen LogP contribution in [0.2, 0.25) is 0 Å². The molecule has 8 nitrogen and oxygen atoms in total. The third-order valence-electron chi connectivity index (χ3n) is 4.80. The normalized spacial score (nSPS) is 11.5. The van der Waals surface area contributed by atoms with Crippen LogP contribution in [0, 0.1) is 0 Å². The number of nitrogens with one attached hydrogen (secondary N) is 1. The lowest BCUT2D eigenvalue weighted by atomic mass is 10.1. The highest BCUT2D eigenvalue weighted by Crippen LogP contribution is 2.24. The average Bonchev–Trinajstić information content (AvgIpc) is 3.27. The first kappa shape index (κ1) is 22.5. The minimum atomic E-state index is -3.56. The molecule has 0 saturated carbocycles. The van der Waals surface area contributed by atoms with Crippen LogP contribution in [0.4, 0.5) is 0 Å². The van der Waals surface area contributed by atoms with E-state index in [9.17, 15) is 13.2 Å². The maximum atomic E-state index is 12.5. The van der Waals surface area contributed by atoms with Crippen molar-refractivity contribution in [2.75, 3.05) is 20.2 Å². The van der Waals surface area contributed by atoms with Crippen molar-refractivity contribution in [1.82, 2.24) is 14.8 Å². The lowest BCUT2D eigenvalue weighted by Gasteiger charge is -2.18. The van der Waals surface area contributed by atoms with E-state index in [0.717, 1.165) is 5.56 Å². The van der Waals surface area contributed by atoms with Crippen LogP contribution >= 0.6 is 0 Å². The topological polar surface area (TPSA) is 102 Å². The molecule has 0 aliphatic heterocycles. The van der Waals surface area contributed by atoms with Crippen molar-refractivity contribution < 1.29 is 22.5 Å². The SMILES string of the molecule is CCN(CC)S(=O)(=O)c1ccc(C(=O)NCc2cc(-c3cccc(OC)c3)on2)cc1. The highest BCUT2D eigenvalue weighted by atomic mass is 32.2. The number of aromatic nitrogens is 1. The van der Waals surface area contributed by atoms with Gasteiger partial charge in [-0.3, -0.25) is 4.79 Å². The van der Waals surface area contributed by atoms with Crippen LogP contribution in [0.5, 0.6) is 5.75 Å². The molecule has 0 aliphatic rings. The van der Waals surface area contributed by atoms with Crippen molar-refractivity contribution >= 4 is 15.9 Å². The number of methoxy groups -OCH3 is 1. The van der Waals surface area contributed by atoms with Crippen LogP contribution in [0.25, 0.3) is 11.3 Å². The Morgan fingerprint density at radius 1 is 1.10 bits per heavy atom. The van der Waals surface area contributed by atoms with E-state index < -0.39 is 10.0 Å². The minimum Gasteiger partial charge on any atom is -0.497 e. The number of carbonyl (C=O) groups is 1. The summed E-state index contributed by atoms with van der Waals surface area (Å²) in [5.74, 6) is 0.932. The molecule has 0 unspecified atom stereocenters. The summed E-state index contributed by atoms with van der Waals surface area (Å²) < 4.78 is 37.0. The Labute approximate surface area is 181 Å². The molecule has 164 valence electrons. The van der Waals surface area contributed by atoms with E-state index in [4.69, 9.17) is 9.26 Å². The van der Waals surface area contributed by atoms with Crippen LogP contribution in [0.15, 0.2) is 64.0 Å². The summed E-state index contributed by atoms with van der Waals surface area (Å²) in [4.78, 5) is 12.6. The molecule has 9 heteroatoms. The minimum absolute atomic E-state index is 0.159. The Bertz CT molecular complexity index is 1140. The van der Waals surface area contributed by atoms with Crippen molar-refractivity contribution in [3.8, 4) is 17.1 Å². The number of amides is 1. The molecular weight excluding hydrogens is 418 g/mol. The van der Waals surface area contributed by atoms with Crippen molar-refractivity contribution in [3.05, 3.63) is 65.9 Å². The Hall–Kier alpha value is -3.17. The zero-order chi connectivity index (χ0) is 22.4. The molecule has 1 heterocycles. The van der Waals surface area contributed by atoms with E-state index in [2.05, 4.69) is 10.5 Å². The van der Waals surface area contributed by atoms with Crippen molar-refractivity contribution in [1.29, 1.82) is 0 Å². The molecule has 3 aromatic rings. The van der Waals surface area contributed by atoms with Crippen LogP contribution in [0.3, 0.4) is 0 Å². The summed E-state index contributed by atoms with van der Waals surface area (Å²) in [6.45, 7) is 4.51. The Kier molecular flexibility index (Phi) is 7.09. The fourth-order valence-electron chi connectivity index (χ4n) is 3.07. The van der Waals surface area contributed by atoms with E-state index in [1.54, 1.807) is 27.0 Å². The second kappa shape index (κ2) is 9.76. The molecule has 1 amide bonds. The molecule has 0 spiro atoms. The first-order valence-electron chi connectivity index (χ1n) is 9.87. The fraction of sp³-hybridized carbons (Fsp3) is 0.273. The summed E-state index contributed by atoms with van der Waals surface area (Å²) in [5, 5.41) is 6.74. The number of ether oxygens (including phenoxy) is 1. The standard InChI is InChI=1S/C22H25N3O5S/c1-4-25(5-2)31(27,28)20-11-9-16(10-12-20)22(26)23-15-18-14-21(30-24-18)17-7-6-8-19(13-17)29-3/h6-14H,4-5,15H2,1-3H3,(H,23,26). The number of carbonyl (C=O) groups excluding carboxylic acids is 1. The monoisotopic (exact) mass is 443 g/mol. The van der Waals surface area contributed by atoms with Crippen LogP contribution in [0.1, 0.15) is 29.9 Å². The largest absolute Gasteiger partial charge is 0.497 e. The smallest absolute Gasteiger partial charge is 0.251 e.